The number of carbonyl (C=O) groups excluding carboxylic acids is 3. The highest BCUT2D eigenvalue weighted by Gasteiger charge is 2.29. The van der Waals surface area contributed by atoms with Crippen molar-refractivity contribution in [2.24, 2.45) is 0 Å². The zero-order valence-corrected chi connectivity index (χ0v) is 14.6. The first kappa shape index (κ1) is 18.9. The predicted octanol–water partition coefficient (Wildman–Crippen LogP) is 0.138. The van der Waals surface area contributed by atoms with Gasteiger partial charge in [0, 0.05) is 7.05 Å². The topological polar surface area (TPSA) is 110 Å². The standard InChI is InChI=1S/C15H18N2O7S/c1-11-3-5-12(6-4-11)25(21,22)16(2)9-14(19)24-10-13(18)17-7-8-23-15(17)20/h3-6H,7-10H2,1-2H3. The Morgan fingerprint density at radius 1 is 1.28 bits per heavy atom. The Bertz CT molecular complexity index is 774. The minimum Gasteiger partial charge on any atom is -0.455 e. The van der Waals surface area contributed by atoms with Crippen LogP contribution in [0.15, 0.2) is 29.2 Å². The number of likely N-dealkylation sites (N-methyl/N-ethyl adjacent to an activating group) is 1. The fourth-order valence-corrected chi connectivity index (χ4v) is 3.16. The molecule has 1 aliphatic heterocycles. The third kappa shape index (κ3) is 4.54. The molecule has 0 aliphatic carbocycles. The first-order chi connectivity index (χ1) is 11.7. The molecule has 25 heavy (non-hydrogen) atoms. The number of carbonyl (C=O) groups is 3. The highest BCUT2D eigenvalue weighted by atomic mass is 32.2. The van der Waals surface area contributed by atoms with Crippen LogP contribution in [0.2, 0.25) is 0 Å². The third-order valence-corrected chi connectivity index (χ3v) is 5.32. The number of esters is 1. The Labute approximate surface area is 145 Å². The lowest BCUT2D eigenvalue weighted by atomic mass is 10.2. The summed E-state index contributed by atoms with van der Waals surface area (Å²) in [5, 5.41) is 0. The minimum atomic E-state index is -3.85. The molecular formula is C15H18N2O7S. The van der Waals surface area contributed by atoms with Crippen LogP contribution in [0.4, 0.5) is 4.79 Å². The van der Waals surface area contributed by atoms with Crippen molar-refractivity contribution in [3.8, 4) is 0 Å². The van der Waals surface area contributed by atoms with Gasteiger partial charge in [0.05, 0.1) is 11.4 Å². The van der Waals surface area contributed by atoms with E-state index in [2.05, 4.69) is 4.74 Å². The number of hydrogen-bond donors (Lipinski definition) is 0. The maximum absolute atomic E-state index is 12.4. The van der Waals surface area contributed by atoms with Crippen molar-refractivity contribution in [1.82, 2.24) is 9.21 Å². The smallest absolute Gasteiger partial charge is 0.416 e. The van der Waals surface area contributed by atoms with E-state index in [0.717, 1.165) is 14.8 Å². The number of aryl methyl sites for hydroxylation is 1. The van der Waals surface area contributed by atoms with Gasteiger partial charge in [0.15, 0.2) is 6.61 Å². The molecule has 0 unspecified atom stereocenters. The lowest BCUT2D eigenvalue weighted by Gasteiger charge is -2.17. The highest BCUT2D eigenvalue weighted by Crippen LogP contribution is 2.15. The number of benzene rings is 1. The second-order valence-corrected chi connectivity index (χ2v) is 7.44. The lowest BCUT2D eigenvalue weighted by molar-refractivity contribution is -0.150. The van der Waals surface area contributed by atoms with E-state index in [1.807, 2.05) is 6.92 Å². The average molecular weight is 370 g/mol. The van der Waals surface area contributed by atoms with Crippen molar-refractivity contribution in [2.45, 2.75) is 11.8 Å². The van der Waals surface area contributed by atoms with E-state index in [1.54, 1.807) is 12.1 Å². The lowest BCUT2D eigenvalue weighted by Crippen LogP contribution is -2.37. The number of sulfonamides is 1. The van der Waals surface area contributed by atoms with Gasteiger partial charge in [-0.3, -0.25) is 9.59 Å². The van der Waals surface area contributed by atoms with Crippen molar-refractivity contribution in [1.29, 1.82) is 0 Å². The molecule has 2 amide bonds. The van der Waals surface area contributed by atoms with E-state index in [9.17, 15) is 22.8 Å². The Balaban J connectivity index is 1.90. The summed E-state index contributed by atoms with van der Waals surface area (Å²) in [6.45, 7) is 0.790. The summed E-state index contributed by atoms with van der Waals surface area (Å²) in [5.41, 5.74) is 0.903. The number of ether oxygens (including phenoxy) is 2. The Morgan fingerprint density at radius 2 is 1.92 bits per heavy atom. The van der Waals surface area contributed by atoms with E-state index < -0.39 is 41.1 Å². The van der Waals surface area contributed by atoms with Gasteiger partial charge in [-0.25, -0.2) is 18.1 Å². The quantitative estimate of drug-likeness (QED) is 0.655. The maximum atomic E-state index is 12.4. The zero-order chi connectivity index (χ0) is 18.6. The summed E-state index contributed by atoms with van der Waals surface area (Å²) in [6.07, 6.45) is -0.792. The molecule has 10 heteroatoms. The molecule has 2 rings (SSSR count). The van der Waals surface area contributed by atoms with Gasteiger partial charge in [0.2, 0.25) is 10.0 Å². The molecule has 1 aliphatic rings. The monoisotopic (exact) mass is 370 g/mol. The van der Waals surface area contributed by atoms with Crippen LogP contribution in [0, 0.1) is 6.92 Å². The summed E-state index contributed by atoms with van der Waals surface area (Å²) in [6, 6.07) is 6.17. The number of rotatable bonds is 6. The molecule has 0 atom stereocenters. The molecule has 9 nitrogen and oxygen atoms in total. The predicted molar refractivity (Wildman–Crippen MR) is 85.0 cm³/mol. The Hall–Kier alpha value is -2.46. The van der Waals surface area contributed by atoms with Crippen molar-refractivity contribution in [3.05, 3.63) is 29.8 Å². The van der Waals surface area contributed by atoms with Crippen LogP contribution in [-0.4, -0.2) is 68.9 Å². The highest BCUT2D eigenvalue weighted by molar-refractivity contribution is 7.89. The Morgan fingerprint density at radius 3 is 2.48 bits per heavy atom. The number of nitrogens with zero attached hydrogens (tertiary/aromatic N) is 2. The van der Waals surface area contributed by atoms with Gasteiger partial charge in [-0.2, -0.15) is 4.31 Å². The molecule has 0 spiro atoms. The normalized spacial score (nSPS) is 14.5. The molecule has 0 aromatic heterocycles. The largest absolute Gasteiger partial charge is 0.455 e. The molecule has 1 fully saturated rings. The van der Waals surface area contributed by atoms with Gasteiger partial charge < -0.3 is 9.47 Å². The summed E-state index contributed by atoms with van der Waals surface area (Å²) in [4.78, 5) is 35.6. The maximum Gasteiger partial charge on any atom is 0.416 e. The van der Waals surface area contributed by atoms with Crippen molar-refractivity contribution >= 4 is 28.0 Å². The van der Waals surface area contributed by atoms with E-state index in [0.29, 0.717) is 0 Å². The summed E-state index contributed by atoms with van der Waals surface area (Å²) in [7, 11) is -2.62. The van der Waals surface area contributed by atoms with E-state index in [1.165, 1.54) is 19.2 Å². The van der Waals surface area contributed by atoms with Gasteiger partial charge in [0.25, 0.3) is 5.91 Å². The summed E-state index contributed by atoms with van der Waals surface area (Å²) >= 11 is 0. The third-order valence-electron chi connectivity index (χ3n) is 3.50. The molecule has 0 bridgehead atoms. The first-order valence-electron chi connectivity index (χ1n) is 7.37. The molecule has 0 saturated carbocycles. The molecule has 0 N–H and O–H groups in total. The van der Waals surface area contributed by atoms with E-state index in [-0.39, 0.29) is 18.0 Å². The molecule has 136 valence electrons. The number of cyclic esters (lactones) is 1. The Kier molecular flexibility index (Phi) is 5.75. The van der Waals surface area contributed by atoms with Gasteiger partial charge >= 0.3 is 12.1 Å². The van der Waals surface area contributed by atoms with Crippen molar-refractivity contribution in [2.75, 3.05) is 33.4 Å². The van der Waals surface area contributed by atoms with Gasteiger partial charge in [-0.1, -0.05) is 17.7 Å². The molecular weight excluding hydrogens is 352 g/mol. The van der Waals surface area contributed by atoms with Gasteiger partial charge in [-0.15, -0.1) is 0 Å². The van der Waals surface area contributed by atoms with Crippen LogP contribution in [0.3, 0.4) is 0 Å². The van der Waals surface area contributed by atoms with Crippen LogP contribution in [0.1, 0.15) is 5.56 Å². The number of imide groups is 1. The second-order valence-electron chi connectivity index (χ2n) is 5.39. The van der Waals surface area contributed by atoms with E-state index in [4.69, 9.17) is 4.74 Å². The van der Waals surface area contributed by atoms with Crippen LogP contribution in [0.5, 0.6) is 0 Å². The van der Waals surface area contributed by atoms with Crippen LogP contribution in [-0.2, 0) is 29.1 Å². The van der Waals surface area contributed by atoms with Crippen molar-refractivity contribution in [3.63, 3.8) is 0 Å². The fraction of sp³-hybridized carbons (Fsp3) is 0.400. The van der Waals surface area contributed by atoms with Gasteiger partial charge in [-0.05, 0) is 19.1 Å². The molecule has 1 saturated heterocycles. The summed E-state index contributed by atoms with van der Waals surface area (Å²) < 4.78 is 34.9. The van der Waals surface area contributed by atoms with Crippen molar-refractivity contribution < 1.29 is 32.3 Å². The average Bonchev–Trinajstić information content (AvgIpc) is 2.99. The minimum absolute atomic E-state index is 0.0456. The molecule has 1 heterocycles. The second kappa shape index (κ2) is 7.62. The fourth-order valence-electron chi connectivity index (χ4n) is 2.04. The summed E-state index contributed by atoms with van der Waals surface area (Å²) in [5.74, 6) is -1.63. The SMILES string of the molecule is Cc1ccc(S(=O)(=O)N(C)CC(=O)OCC(=O)N2CCOC2=O)cc1. The van der Waals surface area contributed by atoms with E-state index >= 15 is 0 Å². The number of hydrogen-bond acceptors (Lipinski definition) is 7. The molecule has 1 aromatic rings. The molecule has 1 aromatic carbocycles. The first-order valence-corrected chi connectivity index (χ1v) is 8.81. The number of amides is 2. The van der Waals surface area contributed by atoms with Crippen LogP contribution in [0.25, 0.3) is 0 Å². The molecule has 0 radical (unpaired) electrons. The van der Waals surface area contributed by atoms with Crippen LogP contribution >= 0.6 is 0 Å². The van der Waals surface area contributed by atoms with Gasteiger partial charge in [0.1, 0.15) is 13.2 Å². The zero-order valence-electron chi connectivity index (χ0n) is 13.8. The van der Waals surface area contributed by atoms with Crippen LogP contribution < -0.4 is 0 Å².